The highest BCUT2D eigenvalue weighted by Crippen LogP contribution is 2.40. The predicted molar refractivity (Wildman–Crippen MR) is 106 cm³/mol. The minimum absolute atomic E-state index is 0.124. The first-order valence-electron chi connectivity index (χ1n) is 8.45. The number of aromatic hydroxyl groups is 1. The van der Waals surface area contributed by atoms with E-state index in [1.807, 2.05) is 18.2 Å². The molecule has 0 unspecified atom stereocenters. The summed E-state index contributed by atoms with van der Waals surface area (Å²) in [6, 6.07) is 6.38. The Morgan fingerprint density at radius 3 is 2.12 bits per heavy atom. The third-order valence-corrected chi connectivity index (χ3v) is 5.22. The molecule has 0 radical (unpaired) electrons. The number of amides is 1. The Balaban J connectivity index is 2.61. The van der Waals surface area contributed by atoms with Crippen molar-refractivity contribution in [1.29, 1.82) is 0 Å². The number of hydrogen-bond acceptors (Lipinski definition) is 3. The molecule has 1 aromatic rings. The summed E-state index contributed by atoms with van der Waals surface area (Å²) in [5.74, 6) is 1.01. The molecule has 0 aromatic heterocycles. The molecule has 0 spiro atoms. The Kier molecular flexibility index (Phi) is 5.30. The molecule has 1 saturated heterocycles. The van der Waals surface area contributed by atoms with Crippen molar-refractivity contribution in [2.75, 3.05) is 12.3 Å². The fraction of sp³-hybridized carbons (Fsp3) is 0.476. The van der Waals surface area contributed by atoms with Gasteiger partial charge in [-0.1, -0.05) is 48.0 Å². The molecule has 1 amide bonds. The monoisotopic (exact) mass is 357 g/mol. The van der Waals surface area contributed by atoms with Crippen LogP contribution in [0.25, 0.3) is 6.08 Å². The predicted octanol–water partition coefficient (Wildman–Crippen LogP) is 4.49. The van der Waals surface area contributed by atoms with E-state index < -0.39 is 0 Å². The molecule has 2 rings (SSSR count). The maximum absolute atomic E-state index is 12.4. The second-order valence-corrected chi connectivity index (χ2v) is 9.54. The molecule has 1 fully saturated rings. The van der Waals surface area contributed by atoms with Crippen molar-refractivity contribution in [3.05, 3.63) is 33.7 Å². The molecular formula is C21H27NO2S. The lowest BCUT2D eigenvalue weighted by Crippen LogP contribution is -2.32. The SMILES string of the molecule is C#CN1CCS/C(=C/c2cc(C(C)(C)C)c(O)c(C(C)(C)C)c2)C1=O. The zero-order chi connectivity index (χ0) is 19.0. The van der Waals surface area contributed by atoms with E-state index in [4.69, 9.17) is 6.42 Å². The van der Waals surface area contributed by atoms with Gasteiger partial charge in [-0.15, -0.1) is 11.8 Å². The Morgan fingerprint density at radius 1 is 1.16 bits per heavy atom. The van der Waals surface area contributed by atoms with Gasteiger partial charge < -0.3 is 5.11 Å². The highest BCUT2D eigenvalue weighted by atomic mass is 32.2. The number of phenols is 1. The number of thioether (sulfide) groups is 1. The lowest BCUT2D eigenvalue weighted by atomic mass is 9.78. The fourth-order valence-corrected chi connectivity index (χ4v) is 3.75. The minimum Gasteiger partial charge on any atom is -0.507 e. The average molecular weight is 358 g/mol. The molecule has 134 valence electrons. The van der Waals surface area contributed by atoms with E-state index in [2.05, 4.69) is 47.6 Å². The van der Waals surface area contributed by atoms with Gasteiger partial charge >= 0.3 is 0 Å². The summed E-state index contributed by atoms with van der Waals surface area (Å²) in [4.78, 5) is 14.5. The Bertz CT molecular complexity index is 723. The van der Waals surface area contributed by atoms with Crippen LogP contribution in [0, 0.1) is 12.5 Å². The lowest BCUT2D eigenvalue weighted by Gasteiger charge is -2.28. The molecule has 1 aliphatic rings. The van der Waals surface area contributed by atoms with Gasteiger partial charge in [-0.2, -0.15) is 0 Å². The maximum atomic E-state index is 12.4. The summed E-state index contributed by atoms with van der Waals surface area (Å²) in [5, 5.41) is 10.8. The normalized spacial score (nSPS) is 17.7. The largest absolute Gasteiger partial charge is 0.507 e. The van der Waals surface area contributed by atoms with Crippen LogP contribution in [-0.2, 0) is 15.6 Å². The summed E-state index contributed by atoms with van der Waals surface area (Å²) in [5.41, 5.74) is 2.28. The van der Waals surface area contributed by atoms with E-state index >= 15 is 0 Å². The summed E-state index contributed by atoms with van der Waals surface area (Å²) in [7, 11) is 0. The van der Waals surface area contributed by atoms with E-state index in [-0.39, 0.29) is 16.7 Å². The van der Waals surface area contributed by atoms with Crippen LogP contribution in [0.1, 0.15) is 58.2 Å². The molecule has 0 atom stereocenters. The summed E-state index contributed by atoms with van der Waals surface area (Å²) in [6.45, 7) is 13.0. The van der Waals surface area contributed by atoms with Gasteiger partial charge in [-0.05, 0) is 34.6 Å². The van der Waals surface area contributed by atoms with Gasteiger partial charge in [-0.25, -0.2) is 0 Å². The number of phenolic OH excluding ortho intramolecular Hbond substituents is 1. The Morgan fingerprint density at radius 2 is 1.68 bits per heavy atom. The van der Waals surface area contributed by atoms with E-state index in [9.17, 15) is 9.90 Å². The molecule has 0 bridgehead atoms. The lowest BCUT2D eigenvalue weighted by molar-refractivity contribution is -0.123. The topological polar surface area (TPSA) is 40.5 Å². The number of rotatable bonds is 1. The van der Waals surface area contributed by atoms with E-state index in [1.165, 1.54) is 16.7 Å². The van der Waals surface area contributed by atoms with Gasteiger partial charge in [0.05, 0.1) is 4.91 Å². The molecule has 3 nitrogen and oxygen atoms in total. The van der Waals surface area contributed by atoms with Crippen LogP contribution in [0.5, 0.6) is 5.75 Å². The van der Waals surface area contributed by atoms with Crippen molar-refractivity contribution in [3.63, 3.8) is 0 Å². The van der Waals surface area contributed by atoms with Crippen LogP contribution in [0.3, 0.4) is 0 Å². The van der Waals surface area contributed by atoms with Crippen molar-refractivity contribution in [2.45, 2.75) is 52.4 Å². The Hall–Kier alpha value is -1.86. The van der Waals surface area contributed by atoms with Gasteiger partial charge in [0.1, 0.15) is 5.75 Å². The second-order valence-electron chi connectivity index (χ2n) is 8.41. The van der Waals surface area contributed by atoms with E-state index in [1.54, 1.807) is 0 Å². The van der Waals surface area contributed by atoms with Crippen molar-refractivity contribution in [2.24, 2.45) is 0 Å². The highest BCUT2D eigenvalue weighted by Gasteiger charge is 2.27. The third kappa shape index (κ3) is 4.22. The van der Waals surface area contributed by atoms with Crippen molar-refractivity contribution >= 4 is 23.7 Å². The number of carbonyl (C=O) groups is 1. The van der Waals surface area contributed by atoms with Crippen LogP contribution >= 0.6 is 11.8 Å². The zero-order valence-electron chi connectivity index (χ0n) is 15.9. The standard InChI is InChI=1S/C21H27NO2S/c1-8-22-9-10-25-17(19(22)24)13-14-11-15(20(2,3)4)18(23)16(12-14)21(5,6)7/h1,11-13,23H,9-10H2,2-7H3/b17-13+. The minimum atomic E-state index is -0.201. The molecule has 1 N–H and O–H groups in total. The van der Waals surface area contributed by atoms with Gasteiger partial charge in [0, 0.05) is 29.5 Å². The first-order valence-corrected chi connectivity index (χ1v) is 9.44. The Labute approximate surface area is 155 Å². The van der Waals surface area contributed by atoms with Gasteiger partial charge in [-0.3, -0.25) is 9.69 Å². The smallest absolute Gasteiger partial charge is 0.271 e. The molecule has 0 aliphatic carbocycles. The molecule has 4 heteroatoms. The van der Waals surface area contributed by atoms with Crippen molar-refractivity contribution in [3.8, 4) is 18.2 Å². The van der Waals surface area contributed by atoms with Crippen molar-refractivity contribution in [1.82, 2.24) is 4.90 Å². The number of terminal acetylenes is 1. The van der Waals surface area contributed by atoms with Crippen LogP contribution in [-0.4, -0.2) is 28.2 Å². The molecule has 25 heavy (non-hydrogen) atoms. The van der Waals surface area contributed by atoms with E-state index in [0.717, 1.165) is 22.4 Å². The molecule has 1 aromatic carbocycles. The maximum Gasteiger partial charge on any atom is 0.271 e. The molecule has 0 saturated carbocycles. The first-order chi connectivity index (χ1) is 11.4. The van der Waals surface area contributed by atoms with Gasteiger partial charge in [0.25, 0.3) is 5.91 Å². The van der Waals surface area contributed by atoms with E-state index in [0.29, 0.717) is 17.2 Å². The number of nitrogens with zero attached hydrogens (tertiary/aromatic N) is 1. The number of hydrogen-bond donors (Lipinski definition) is 1. The summed E-state index contributed by atoms with van der Waals surface area (Å²) in [6.07, 6.45) is 7.31. The highest BCUT2D eigenvalue weighted by molar-refractivity contribution is 8.04. The van der Waals surface area contributed by atoms with Crippen molar-refractivity contribution < 1.29 is 9.90 Å². The molecular weight excluding hydrogens is 330 g/mol. The van der Waals surface area contributed by atoms with Gasteiger partial charge in [0.2, 0.25) is 0 Å². The van der Waals surface area contributed by atoms with Crippen LogP contribution in [0.4, 0.5) is 0 Å². The molecule has 1 aliphatic heterocycles. The molecule has 1 heterocycles. The van der Waals surface area contributed by atoms with Crippen LogP contribution in [0.2, 0.25) is 0 Å². The summed E-state index contributed by atoms with van der Waals surface area (Å²) < 4.78 is 0. The summed E-state index contributed by atoms with van der Waals surface area (Å²) >= 11 is 1.53. The van der Waals surface area contributed by atoms with Crippen LogP contribution in [0.15, 0.2) is 17.0 Å². The average Bonchev–Trinajstić information content (AvgIpc) is 2.48. The first kappa shape index (κ1) is 19.5. The fourth-order valence-electron chi connectivity index (χ4n) is 2.80. The zero-order valence-corrected chi connectivity index (χ0v) is 16.8. The van der Waals surface area contributed by atoms with Crippen LogP contribution < -0.4 is 0 Å². The number of carbonyl (C=O) groups excluding carboxylic acids is 1. The van der Waals surface area contributed by atoms with Gasteiger partial charge in [0.15, 0.2) is 0 Å². The number of benzene rings is 1. The quantitative estimate of drug-likeness (QED) is 0.594. The second kappa shape index (κ2) is 6.80. The third-order valence-electron chi connectivity index (χ3n) is 4.23.